The maximum atomic E-state index is 11.3. The van der Waals surface area contributed by atoms with Gasteiger partial charge >= 0.3 is 0 Å². The normalized spacial score (nSPS) is 27.9. The second-order valence-corrected chi connectivity index (χ2v) is 4.64. The van der Waals surface area contributed by atoms with Crippen molar-refractivity contribution in [3.8, 4) is 0 Å². The lowest BCUT2D eigenvalue weighted by atomic mass is 9.91. The Bertz CT molecular complexity index is 558. The van der Waals surface area contributed by atoms with Crippen LogP contribution in [-0.2, 0) is 10.2 Å². The molecule has 0 radical (unpaired) electrons. The molecule has 0 bridgehead atoms. The summed E-state index contributed by atoms with van der Waals surface area (Å²) >= 11 is 0. The second-order valence-electron chi connectivity index (χ2n) is 4.64. The minimum absolute atomic E-state index is 0.247. The van der Waals surface area contributed by atoms with Crippen LogP contribution in [0.15, 0.2) is 36.5 Å². The molecule has 16 heavy (non-hydrogen) atoms. The topological polar surface area (TPSA) is 30.0 Å². The lowest BCUT2D eigenvalue weighted by Crippen LogP contribution is -2.11. The molecule has 1 aliphatic carbocycles. The Morgan fingerprint density at radius 3 is 2.88 bits per heavy atom. The molecule has 1 aromatic carbocycles. The van der Waals surface area contributed by atoms with Gasteiger partial charge in [0.05, 0.1) is 10.9 Å². The minimum Gasteiger partial charge on any atom is -0.302 e. The van der Waals surface area contributed by atoms with Gasteiger partial charge in [0.2, 0.25) is 0 Å². The van der Waals surface area contributed by atoms with Crippen molar-refractivity contribution in [1.29, 1.82) is 0 Å². The van der Waals surface area contributed by atoms with Gasteiger partial charge in [0.25, 0.3) is 0 Å². The van der Waals surface area contributed by atoms with Gasteiger partial charge in [-0.1, -0.05) is 25.1 Å². The van der Waals surface area contributed by atoms with Gasteiger partial charge < -0.3 is 4.79 Å². The molecule has 0 aliphatic heterocycles. The van der Waals surface area contributed by atoms with Crippen LogP contribution in [0.1, 0.15) is 18.9 Å². The van der Waals surface area contributed by atoms with Crippen molar-refractivity contribution in [2.45, 2.75) is 18.8 Å². The predicted molar refractivity (Wildman–Crippen MR) is 63.3 cm³/mol. The van der Waals surface area contributed by atoms with Gasteiger partial charge in [-0.2, -0.15) is 0 Å². The van der Waals surface area contributed by atoms with Gasteiger partial charge in [-0.25, -0.2) is 0 Å². The van der Waals surface area contributed by atoms with Crippen LogP contribution in [0.4, 0.5) is 0 Å². The Hall–Kier alpha value is -1.70. The van der Waals surface area contributed by atoms with Gasteiger partial charge in [-0.3, -0.25) is 4.98 Å². The smallest absolute Gasteiger partial charge is 0.130 e. The maximum absolute atomic E-state index is 11.3. The zero-order chi connectivity index (χ0) is 11.2. The molecule has 0 N–H and O–H groups in total. The van der Waals surface area contributed by atoms with Gasteiger partial charge in [0.15, 0.2) is 0 Å². The molecule has 2 unspecified atom stereocenters. The highest BCUT2D eigenvalue weighted by atomic mass is 16.1. The largest absolute Gasteiger partial charge is 0.302 e. The van der Waals surface area contributed by atoms with E-state index in [2.05, 4.69) is 18.0 Å². The van der Waals surface area contributed by atoms with E-state index in [0.717, 1.165) is 29.2 Å². The first-order chi connectivity index (χ1) is 7.78. The van der Waals surface area contributed by atoms with E-state index in [1.54, 1.807) is 6.20 Å². The monoisotopic (exact) mass is 211 g/mol. The Kier molecular flexibility index (Phi) is 1.87. The molecule has 2 heteroatoms. The third-order valence-corrected chi connectivity index (χ3v) is 3.72. The van der Waals surface area contributed by atoms with Crippen LogP contribution in [0.25, 0.3) is 10.9 Å². The highest BCUT2D eigenvalue weighted by Gasteiger charge is 2.53. The van der Waals surface area contributed by atoms with Crippen molar-refractivity contribution >= 4 is 17.2 Å². The first kappa shape index (κ1) is 9.52. The summed E-state index contributed by atoms with van der Waals surface area (Å²) in [7, 11) is 0. The van der Waals surface area contributed by atoms with Crippen molar-refractivity contribution in [3.63, 3.8) is 0 Å². The van der Waals surface area contributed by atoms with Crippen molar-refractivity contribution in [1.82, 2.24) is 4.98 Å². The Morgan fingerprint density at radius 2 is 2.19 bits per heavy atom. The zero-order valence-corrected chi connectivity index (χ0v) is 9.18. The Balaban J connectivity index is 2.28. The van der Waals surface area contributed by atoms with E-state index in [-0.39, 0.29) is 5.41 Å². The van der Waals surface area contributed by atoms with Gasteiger partial charge in [-0.15, -0.1) is 0 Å². The molecule has 0 amide bonds. The minimum atomic E-state index is -0.247. The van der Waals surface area contributed by atoms with Crippen LogP contribution in [0.3, 0.4) is 0 Å². The van der Waals surface area contributed by atoms with E-state index in [0.29, 0.717) is 5.92 Å². The summed E-state index contributed by atoms with van der Waals surface area (Å²) in [4.78, 5) is 15.6. The molecule has 2 aromatic rings. The molecule has 80 valence electrons. The summed E-state index contributed by atoms with van der Waals surface area (Å²) in [5.74, 6) is 0.454. The number of nitrogens with zero attached hydrogens (tertiary/aromatic N) is 1. The van der Waals surface area contributed by atoms with Gasteiger partial charge in [0, 0.05) is 11.6 Å². The van der Waals surface area contributed by atoms with E-state index >= 15 is 0 Å². The molecule has 1 heterocycles. The number of fused-ring (bicyclic) bond motifs is 1. The summed E-state index contributed by atoms with van der Waals surface area (Å²) in [6.45, 7) is 2.13. The Labute approximate surface area is 94.3 Å². The molecular formula is C14H13NO. The highest BCUT2D eigenvalue weighted by Crippen LogP contribution is 2.53. The molecular weight excluding hydrogens is 198 g/mol. The molecule has 2 nitrogen and oxygen atoms in total. The van der Waals surface area contributed by atoms with E-state index in [9.17, 15) is 4.79 Å². The number of aromatic nitrogens is 1. The summed E-state index contributed by atoms with van der Waals surface area (Å²) in [5, 5.41) is 1.11. The molecule has 1 fully saturated rings. The fourth-order valence-corrected chi connectivity index (χ4v) is 2.56. The van der Waals surface area contributed by atoms with Gasteiger partial charge in [0.1, 0.15) is 6.29 Å². The van der Waals surface area contributed by atoms with E-state index in [4.69, 9.17) is 0 Å². The molecule has 1 saturated carbocycles. The van der Waals surface area contributed by atoms with Crippen LogP contribution >= 0.6 is 0 Å². The highest BCUT2D eigenvalue weighted by molar-refractivity contribution is 5.89. The number of benzene rings is 1. The average Bonchev–Trinajstić information content (AvgIpc) is 3.01. The summed E-state index contributed by atoms with van der Waals surface area (Å²) < 4.78 is 0. The standard InChI is InChI=1S/C14H13NO/c1-10-8-14(10,9-16)12-5-2-6-13-11(12)4-3-7-15-13/h2-7,9-10H,8H2,1H3. The fraction of sp³-hybridized carbons (Fsp3) is 0.286. The number of carbonyl (C=O) groups is 1. The average molecular weight is 211 g/mol. The van der Waals surface area contributed by atoms with Crippen molar-refractivity contribution < 1.29 is 4.79 Å². The Morgan fingerprint density at radius 1 is 1.38 bits per heavy atom. The maximum Gasteiger partial charge on any atom is 0.130 e. The molecule has 3 rings (SSSR count). The lowest BCUT2D eigenvalue weighted by Gasteiger charge is -2.12. The van der Waals surface area contributed by atoms with E-state index < -0.39 is 0 Å². The summed E-state index contributed by atoms with van der Waals surface area (Å²) in [5.41, 5.74) is 1.86. The van der Waals surface area contributed by atoms with Crippen molar-refractivity contribution in [2.75, 3.05) is 0 Å². The number of hydrogen-bond donors (Lipinski definition) is 0. The van der Waals surface area contributed by atoms with Crippen molar-refractivity contribution in [2.24, 2.45) is 5.92 Å². The second kappa shape index (κ2) is 3.14. The molecule has 2 atom stereocenters. The number of pyridine rings is 1. The quantitative estimate of drug-likeness (QED) is 0.715. The van der Waals surface area contributed by atoms with E-state index in [1.165, 1.54) is 0 Å². The number of carbonyl (C=O) groups excluding carboxylic acids is 1. The van der Waals surface area contributed by atoms with Crippen LogP contribution < -0.4 is 0 Å². The number of aldehydes is 1. The van der Waals surface area contributed by atoms with Crippen LogP contribution in [0.5, 0.6) is 0 Å². The zero-order valence-electron chi connectivity index (χ0n) is 9.18. The SMILES string of the molecule is CC1CC1(C=O)c1cccc2ncccc12. The van der Waals surface area contributed by atoms with Crippen LogP contribution in [0, 0.1) is 5.92 Å². The van der Waals surface area contributed by atoms with Gasteiger partial charge in [-0.05, 0) is 30.0 Å². The number of rotatable bonds is 2. The third kappa shape index (κ3) is 1.13. The summed E-state index contributed by atoms with van der Waals surface area (Å²) in [6.07, 6.45) is 3.86. The van der Waals surface area contributed by atoms with Crippen molar-refractivity contribution in [3.05, 3.63) is 42.1 Å². The number of hydrogen-bond acceptors (Lipinski definition) is 2. The predicted octanol–water partition coefficient (Wildman–Crippen LogP) is 2.71. The molecule has 0 saturated heterocycles. The molecule has 1 aliphatic rings. The lowest BCUT2D eigenvalue weighted by molar-refractivity contribution is -0.110. The van der Waals surface area contributed by atoms with E-state index in [1.807, 2.05) is 24.3 Å². The van der Waals surface area contributed by atoms with Crippen LogP contribution in [-0.4, -0.2) is 11.3 Å². The molecule has 0 spiro atoms. The van der Waals surface area contributed by atoms with Crippen LogP contribution in [0.2, 0.25) is 0 Å². The fourth-order valence-electron chi connectivity index (χ4n) is 2.56. The first-order valence-corrected chi connectivity index (χ1v) is 5.58. The summed E-state index contributed by atoms with van der Waals surface area (Å²) in [6, 6.07) is 10.0. The molecule has 1 aromatic heterocycles. The third-order valence-electron chi connectivity index (χ3n) is 3.72. The first-order valence-electron chi connectivity index (χ1n) is 5.58.